The third-order valence-corrected chi connectivity index (χ3v) is 4.19. The predicted molar refractivity (Wildman–Crippen MR) is 95.2 cm³/mol. The third kappa shape index (κ3) is 2.97. The van der Waals surface area contributed by atoms with Crippen LogP contribution in [0.1, 0.15) is 25.6 Å². The van der Waals surface area contributed by atoms with E-state index in [0.717, 1.165) is 34.2 Å². The maximum absolute atomic E-state index is 6.00. The zero-order chi connectivity index (χ0) is 17.4. The number of ether oxygens (including phenoxy) is 2. The number of nitrogens with one attached hydrogen (secondary N) is 1. The molecule has 0 bridgehead atoms. The molecule has 1 aliphatic heterocycles. The summed E-state index contributed by atoms with van der Waals surface area (Å²) in [6.07, 6.45) is 1.70. The summed E-state index contributed by atoms with van der Waals surface area (Å²) in [7, 11) is 1.89. The van der Waals surface area contributed by atoms with E-state index in [0.29, 0.717) is 13.2 Å². The summed E-state index contributed by atoms with van der Waals surface area (Å²) >= 11 is 0. The molecule has 0 saturated heterocycles. The van der Waals surface area contributed by atoms with Crippen molar-refractivity contribution < 1.29 is 9.47 Å². The molecule has 3 heterocycles. The second-order valence-electron chi connectivity index (χ2n) is 6.47. The van der Waals surface area contributed by atoms with Crippen LogP contribution < -0.4 is 14.8 Å². The Kier molecular flexibility index (Phi) is 3.91. The van der Waals surface area contributed by atoms with Gasteiger partial charge in [0.1, 0.15) is 24.4 Å². The van der Waals surface area contributed by atoms with Crippen LogP contribution in [0, 0.1) is 0 Å². The minimum Gasteiger partial charge on any atom is -0.486 e. The van der Waals surface area contributed by atoms with E-state index in [4.69, 9.17) is 9.47 Å². The van der Waals surface area contributed by atoms with Crippen LogP contribution in [0.3, 0.4) is 0 Å². The van der Waals surface area contributed by atoms with Crippen LogP contribution >= 0.6 is 0 Å². The zero-order valence-electron chi connectivity index (χ0n) is 14.6. The van der Waals surface area contributed by atoms with Gasteiger partial charge in [0.15, 0.2) is 17.1 Å². The minimum atomic E-state index is -0.0842. The Bertz CT molecular complexity index is 906. The molecule has 1 atom stereocenters. The highest BCUT2D eigenvalue weighted by atomic mass is 16.6. The number of para-hydroxylation sites is 2. The van der Waals surface area contributed by atoms with Crippen LogP contribution in [0.5, 0.6) is 11.5 Å². The molecular formula is C18H21N5O2. The van der Waals surface area contributed by atoms with Gasteiger partial charge in [-0.2, -0.15) is 5.10 Å². The molecule has 25 heavy (non-hydrogen) atoms. The third-order valence-electron chi connectivity index (χ3n) is 4.19. The molecule has 0 radical (unpaired) electrons. The fourth-order valence-corrected chi connectivity index (χ4v) is 2.81. The van der Waals surface area contributed by atoms with E-state index in [1.807, 2.05) is 31.3 Å². The van der Waals surface area contributed by atoms with Gasteiger partial charge in [-0.3, -0.25) is 4.68 Å². The topological polar surface area (TPSA) is 74.1 Å². The Hall–Kier alpha value is -2.83. The van der Waals surface area contributed by atoms with Gasteiger partial charge in [0, 0.05) is 13.0 Å². The summed E-state index contributed by atoms with van der Waals surface area (Å²) in [6.45, 7) is 5.25. The van der Waals surface area contributed by atoms with Crippen molar-refractivity contribution in [1.82, 2.24) is 19.7 Å². The van der Waals surface area contributed by atoms with Crippen molar-refractivity contribution in [3.8, 4) is 11.5 Å². The number of aromatic nitrogens is 4. The first-order valence-corrected chi connectivity index (χ1v) is 8.44. The van der Waals surface area contributed by atoms with E-state index in [9.17, 15) is 0 Å². The SMILES string of the molecule is CC(C)c1nc(NCC2COc3ccccc3O2)c2cnn(C)c2n1. The lowest BCUT2D eigenvalue weighted by Crippen LogP contribution is -2.35. The Balaban J connectivity index is 1.55. The van der Waals surface area contributed by atoms with Gasteiger partial charge in [-0.15, -0.1) is 0 Å². The summed E-state index contributed by atoms with van der Waals surface area (Å²) in [5.41, 5.74) is 0.826. The molecule has 2 aromatic heterocycles. The number of hydrogen-bond acceptors (Lipinski definition) is 6. The lowest BCUT2D eigenvalue weighted by atomic mass is 10.2. The Morgan fingerprint density at radius 2 is 2.04 bits per heavy atom. The normalized spacial score (nSPS) is 16.4. The van der Waals surface area contributed by atoms with Crippen LogP contribution in [0.25, 0.3) is 11.0 Å². The van der Waals surface area contributed by atoms with Crippen LogP contribution in [0.2, 0.25) is 0 Å². The summed E-state index contributed by atoms with van der Waals surface area (Å²) in [4.78, 5) is 9.28. The van der Waals surface area contributed by atoms with E-state index in [1.54, 1.807) is 10.9 Å². The molecule has 0 amide bonds. The van der Waals surface area contributed by atoms with Crippen molar-refractivity contribution in [3.05, 3.63) is 36.3 Å². The maximum Gasteiger partial charge on any atom is 0.163 e. The first-order chi connectivity index (χ1) is 12.1. The molecule has 7 nitrogen and oxygen atoms in total. The summed E-state index contributed by atoms with van der Waals surface area (Å²) in [5, 5.41) is 8.59. The standard InChI is InChI=1S/C18H21N5O2/c1-11(2)16-21-17(13-9-20-23(3)18(13)22-16)19-8-12-10-24-14-6-4-5-7-15(14)25-12/h4-7,9,11-12H,8,10H2,1-3H3,(H,19,21,22). The van der Waals surface area contributed by atoms with Crippen molar-refractivity contribution in [3.63, 3.8) is 0 Å². The molecule has 130 valence electrons. The van der Waals surface area contributed by atoms with Gasteiger partial charge in [0.05, 0.1) is 18.1 Å². The number of benzene rings is 1. The van der Waals surface area contributed by atoms with E-state index >= 15 is 0 Å². The van der Waals surface area contributed by atoms with Gasteiger partial charge in [-0.1, -0.05) is 26.0 Å². The molecule has 1 N–H and O–H groups in total. The second kappa shape index (κ2) is 6.23. The maximum atomic E-state index is 6.00. The van der Waals surface area contributed by atoms with Crippen LogP contribution in [0.15, 0.2) is 30.5 Å². The van der Waals surface area contributed by atoms with Crippen LogP contribution in [0.4, 0.5) is 5.82 Å². The molecule has 4 rings (SSSR count). The average Bonchev–Trinajstić information content (AvgIpc) is 3.00. The van der Waals surface area contributed by atoms with Crippen LogP contribution in [-0.2, 0) is 7.05 Å². The van der Waals surface area contributed by atoms with Gasteiger partial charge >= 0.3 is 0 Å². The molecule has 1 unspecified atom stereocenters. The predicted octanol–water partition coefficient (Wildman–Crippen LogP) is 2.74. The molecule has 1 aliphatic rings. The lowest BCUT2D eigenvalue weighted by molar-refractivity contribution is 0.0997. The Morgan fingerprint density at radius 3 is 2.84 bits per heavy atom. The first kappa shape index (κ1) is 15.7. The molecule has 0 saturated carbocycles. The van der Waals surface area contributed by atoms with Crippen molar-refractivity contribution in [1.29, 1.82) is 0 Å². The van der Waals surface area contributed by atoms with E-state index in [1.165, 1.54) is 0 Å². The number of aryl methyl sites for hydroxylation is 1. The van der Waals surface area contributed by atoms with Crippen molar-refractivity contribution >= 4 is 16.9 Å². The number of nitrogens with zero attached hydrogens (tertiary/aromatic N) is 4. The highest BCUT2D eigenvalue weighted by Crippen LogP contribution is 2.31. The smallest absolute Gasteiger partial charge is 0.163 e. The summed E-state index contributed by atoms with van der Waals surface area (Å²) in [5.74, 6) is 3.38. The average molecular weight is 339 g/mol. The number of fused-ring (bicyclic) bond motifs is 2. The number of rotatable bonds is 4. The largest absolute Gasteiger partial charge is 0.486 e. The fourth-order valence-electron chi connectivity index (χ4n) is 2.81. The number of anilines is 1. The second-order valence-corrected chi connectivity index (χ2v) is 6.47. The molecule has 0 spiro atoms. The Labute approximate surface area is 146 Å². The highest BCUT2D eigenvalue weighted by molar-refractivity contribution is 5.86. The quantitative estimate of drug-likeness (QED) is 0.788. The van der Waals surface area contributed by atoms with Gasteiger partial charge in [0.25, 0.3) is 0 Å². The van der Waals surface area contributed by atoms with E-state index in [-0.39, 0.29) is 12.0 Å². The summed E-state index contributed by atoms with van der Waals surface area (Å²) in [6, 6.07) is 7.71. The van der Waals surface area contributed by atoms with Gasteiger partial charge in [0.2, 0.25) is 0 Å². The van der Waals surface area contributed by atoms with E-state index in [2.05, 4.69) is 34.2 Å². The molecule has 3 aromatic rings. The highest BCUT2D eigenvalue weighted by Gasteiger charge is 2.21. The molecule has 0 aliphatic carbocycles. The van der Waals surface area contributed by atoms with Gasteiger partial charge in [-0.25, -0.2) is 9.97 Å². The van der Waals surface area contributed by atoms with Gasteiger partial charge in [-0.05, 0) is 12.1 Å². The van der Waals surface area contributed by atoms with Crippen molar-refractivity contribution in [2.24, 2.45) is 7.05 Å². The first-order valence-electron chi connectivity index (χ1n) is 8.44. The monoisotopic (exact) mass is 339 g/mol. The molecule has 0 fully saturated rings. The summed E-state index contributed by atoms with van der Waals surface area (Å²) < 4.78 is 13.5. The van der Waals surface area contributed by atoms with Crippen molar-refractivity contribution in [2.75, 3.05) is 18.5 Å². The minimum absolute atomic E-state index is 0.0842. The number of hydrogen-bond donors (Lipinski definition) is 1. The van der Waals surface area contributed by atoms with Gasteiger partial charge < -0.3 is 14.8 Å². The van der Waals surface area contributed by atoms with E-state index < -0.39 is 0 Å². The van der Waals surface area contributed by atoms with Crippen LogP contribution in [-0.4, -0.2) is 39.0 Å². The lowest BCUT2D eigenvalue weighted by Gasteiger charge is -2.26. The zero-order valence-corrected chi connectivity index (χ0v) is 14.6. The fraction of sp³-hybridized carbons (Fsp3) is 0.389. The Morgan fingerprint density at radius 1 is 1.24 bits per heavy atom. The molecule has 7 heteroatoms. The van der Waals surface area contributed by atoms with Crippen molar-refractivity contribution in [2.45, 2.75) is 25.9 Å². The molecular weight excluding hydrogens is 318 g/mol. The molecule has 1 aromatic carbocycles.